The Morgan fingerprint density at radius 2 is 1.89 bits per heavy atom. The minimum absolute atomic E-state index is 0. The summed E-state index contributed by atoms with van der Waals surface area (Å²) in [6.07, 6.45) is 3.86. The Hall–Kier alpha value is -0.890. The summed E-state index contributed by atoms with van der Waals surface area (Å²) in [7, 11) is 0. The zero-order valence-corrected chi connectivity index (χ0v) is 18.0. The van der Waals surface area contributed by atoms with Gasteiger partial charge in [-0.3, -0.25) is 9.69 Å². The van der Waals surface area contributed by atoms with Crippen LogP contribution in [0.4, 0.5) is 0 Å². The summed E-state index contributed by atoms with van der Waals surface area (Å²) in [6, 6.07) is 0. The molecule has 2 fully saturated rings. The second-order valence-corrected chi connectivity index (χ2v) is 7.38. The Morgan fingerprint density at radius 3 is 2.48 bits per heavy atom. The molecule has 1 amide bonds. The first kappa shape index (κ1) is 24.1. The maximum absolute atomic E-state index is 12.6. The van der Waals surface area contributed by atoms with Crippen LogP contribution in [0.3, 0.4) is 0 Å². The van der Waals surface area contributed by atoms with Crippen LogP contribution in [-0.4, -0.2) is 65.1 Å². The molecule has 3 heterocycles. The normalized spacial score (nSPS) is 19.9. The van der Waals surface area contributed by atoms with Crippen molar-refractivity contribution in [3.63, 3.8) is 0 Å². The molecule has 0 saturated carbocycles. The van der Waals surface area contributed by atoms with Crippen LogP contribution >= 0.6 is 24.8 Å². The third-order valence-electron chi connectivity index (χ3n) is 5.59. The maximum Gasteiger partial charge on any atom is 0.226 e. The number of rotatable bonds is 6. The van der Waals surface area contributed by atoms with E-state index >= 15 is 0 Å². The van der Waals surface area contributed by atoms with E-state index in [1.54, 1.807) is 0 Å². The Kier molecular flexibility index (Phi) is 10.6. The van der Waals surface area contributed by atoms with Crippen LogP contribution in [0.2, 0.25) is 0 Å². The Balaban J connectivity index is 0.00000182. The first-order valence-electron chi connectivity index (χ1n) is 9.68. The van der Waals surface area contributed by atoms with E-state index in [2.05, 4.69) is 27.3 Å². The number of amides is 1. The third-order valence-corrected chi connectivity index (χ3v) is 5.59. The molecule has 1 atom stereocenters. The van der Waals surface area contributed by atoms with E-state index in [1.165, 1.54) is 12.8 Å². The van der Waals surface area contributed by atoms with Crippen LogP contribution < -0.4 is 5.32 Å². The fourth-order valence-corrected chi connectivity index (χ4v) is 3.84. The standard InChI is InChI=1S/C18H31N5O2.2ClH/c1-3-17-20-16(21-25-17)13-22-8-10-23(11-9-22)18(24)12-14(2)15-4-6-19-7-5-15;;/h14-15,19H,3-13H2,1-2H3;2*1H. The second-order valence-electron chi connectivity index (χ2n) is 7.38. The highest BCUT2D eigenvalue weighted by Crippen LogP contribution is 2.25. The van der Waals surface area contributed by atoms with Crippen molar-refractivity contribution in [3.8, 4) is 0 Å². The van der Waals surface area contributed by atoms with E-state index in [4.69, 9.17) is 4.52 Å². The van der Waals surface area contributed by atoms with Gasteiger partial charge in [-0.15, -0.1) is 24.8 Å². The lowest BCUT2D eigenvalue weighted by atomic mass is 9.84. The summed E-state index contributed by atoms with van der Waals surface area (Å²) in [5.41, 5.74) is 0. The van der Waals surface area contributed by atoms with Crippen LogP contribution in [0.15, 0.2) is 4.52 Å². The van der Waals surface area contributed by atoms with Crippen molar-refractivity contribution < 1.29 is 9.32 Å². The summed E-state index contributed by atoms with van der Waals surface area (Å²) in [5, 5.41) is 7.41. The van der Waals surface area contributed by atoms with Crippen molar-refractivity contribution in [1.29, 1.82) is 0 Å². The maximum atomic E-state index is 12.6. The molecule has 27 heavy (non-hydrogen) atoms. The average Bonchev–Trinajstić information content (AvgIpc) is 3.10. The molecule has 2 aliphatic heterocycles. The van der Waals surface area contributed by atoms with Gasteiger partial charge >= 0.3 is 0 Å². The third kappa shape index (κ3) is 6.89. The van der Waals surface area contributed by atoms with Gasteiger partial charge in [-0.2, -0.15) is 4.98 Å². The monoisotopic (exact) mass is 421 g/mol. The SMILES string of the molecule is CCc1nc(CN2CCN(C(=O)CC(C)C3CCNCC3)CC2)no1.Cl.Cl. The van der Waals surface area contributed by atoms with Crippen molar-refractivity contribution >= 4 is 30.7 Å². The molecule has 2 saturated heterocycles. The molecule has 1 unspecified atom stereocenters. The average molecular weight is 422 g/mol. The van der Waals surface area contributed by atoms with Crippen molar-refractivity contribution in [2.75, 3.05) is 39.3 Å². The Bertz CT molecular complexity index is 558. The van der Waals surface area contributed by atoms with E-state index in [9.17, 15) is 4.79 Å². The molecular formula is C18H33Cl2N5O2. The number of aryl methyl sites for hydroxylation is 1. The summed E-state index contributed by atoms with van der Waals surface area (Å²) in [5.74, 6) is 2.93. The minimum atomic E-state index is 0. The Labute approximate surface area is 174 Å². The van der Waals surface area contributed by atoms with Gasteiger partial charge in [0.2, 0.25) is 11.8 Å². The van der Waals surface area contributed by atoms with Gasteiger partial charge in [-0.1, -0.05) is 19.0 Å². The van der Waals surface area contributed by atoms with Gasteiger partial charge in [0.25, 0.3) is 0 Å². The molecule has 156 valence electrons. The largest absolute Gasteiger partial charge is 0.340 e. The van der Waals surface area contributed by atoms with Gasteiger partial charge < -0.3 is 14.7 Å². The lowest BCUT2D eigenvalue weighted by Crippen LogP contribution is -2.48. The van der Waals surface area contributed by atoms with Gasteiger partial charge in [-0.25, -0.2) is 0 Å². The molecule has 3 rings (SSSR count). The van der Waals surface area contributed by atoms with E-state index in [1.807, 2.05) is 11.8 Å². The number of carbonyl (C=O) groups is 1. The van der Waals surface area contributed by atoms with Gasteiger partial charge in [0.15, 0.2) is 5.82 Å². The van der Waals surface area contributed by atoms with Gasteiger partial charge in [0.1, 0.15) is 0 Å². The molecule has 7 nitrogen and oxygen atoms in total. The quantitative estimate of drug-likeness (QED) is 0.757. The zero-order valence-electron chi connectivity index (χ0n) is 16.4. The molecule has 1 N–H and O–H groups in total. The second kappa shape index (κ2) is 11.8. The number of hydrogen-bond acceptors (Lipinski definition) is 6. The van der Waals surface area contributed by atoms with E-state index in [0.29, 0.717) is 36.6 Å². The first-order chi connectivity index (χ1) is 12.2. The summed E-state index contributed by atoms with van der Waals surface area (Å²) >= 11 is 0. The topological polar surface area (TPSA) is 74.5 Å². The zero-order chi connectivity index (χ0) is 17.6. The van der Waals surface area contributed by atoms with Crippen LogP contribution in [0.5, 0.6) is 0 Å². The summed E-state index contributed by atoms with van der Waals surface area (Å²) in [6.45, 7) is 10.5. The van der Waals surface area contributed by atoms with E-state index < -0.39 is 0 Å². The first-order valence-corrected chi connectivity index (χ1v) is 9.68. The molecule has 0 spiro atoms. The number of carbonyl (C=O) groups excluding carboxylic acids is 1. The number of nitrogens with zero attached hydrogens (tertiary/aromatic N) is 4. The van der Waals surface area contributed by atoms with Crippen molar-refractivity contribution in [1.82, 2.24) is 25.3 Å². The lowest BCUT2D eigenvalue weighted by Gasteiger charge is -2.35. The number of halogens is 2. The molecule has 0 aromatic carbocycles. The van der Waals surface area contributed by atoms with Crippen molar-refractivity contribution in [2.45, 2.75) is 46.1 Å². The number of nitrogens with one attached hydrogen (secondary N) is 1. The highest BCUT2D eigenvalue weighted by atomic mass is 35.5. The lowest BCUT2D eigenvalue weighted by molar-refractivity contribution is -0.134. The van der Waals surface area contributed by atoms with Crippen molar-refractivity contribution in [2.24, 2.45) is 11.8 Å². The molecule has 0 bridgehead atoms. The number of aromatic nitrogens is 2. The summed E-state index contributed by atoms with van der Waals surface area (Å²) < 4.78 is 5.16. The van der Waals surface area contributed by atoms with Crippen LogP contribution in [0, 0.1) is 11.8 Å². The number of piperazine rings is 1. The number of piperidine rings is 1. The molecule has 9 heteroatoms. The van der Waals surface area contributed by atoms with Crippen LogP contribution in [0.25, 0.3) is 0 Å². The van der Waals surface area contributed by atoms with Gasteiger partial charge in [0.05, 0.1) is 6.54 Å². The molecule has 0 aliphatic carbocycles. The molecular weight excluding hydrogens is 389 g/mol. The predicted octanol–water partition coefficient (Wildman–Crippen LogP) is 2.15. The number of hydrogen-bond donors (Lipinski definition) is 1. The molecule has 1 aromatic heterocycles. The summed E-state index contributed by atoms with van der Waals surface area (Å²) in [4.78, 5) is 21.3. The van der Waals surface area contributed by atoms with Gasteiger partial charge in [-0.05, 0) is 37.8 Å². The molecule has 1 aromatic rings. The van der Waals surface area contributed by atoms with Crippen LogP contribution in [0.1, 0.15) is 44.8 Å². The Morgan fingerprint density at radius 1 is 1.22 bits per heavy atom. The highest BCUT2D eigenvalue weighted by molar-refractivity contribution is 5.85. The van der Waals surface area contributed by atoms with Crippen LogP contribution in [-0.2, 0) is 17.8 Å². The minimum Gasteiger partial charge on any atom is -0.340 e. The molecule has 2 aliphatic rings. The van der Waals surface area contributed by atoms with E-state index in [0.717, 1.165) is 51.5 Å². The molecule has 0 radical (unpaired) electrons. The van der Waals surface area contributed by atoms with Gasteiger partial charge in [0, 0.05) is 39.0 Å². The smallest absolute Gasteiger partial charge is 0.226 e. The van der Waals surface area contributed by atoms with Crippen molar-refractivity contribution in [3.05, 3.63) is 11.7 Å². The fraction of sp³-hybridized carbons (Fsp3) is 0.833. The van der Waals surface area contributed by atoms with E-state index in [-0.39, 0.29) is 24.8 Å². The predicted molar refractivity (Wildman–Crippen MR) is 109 cm³/mol. The fourth-order valence-electron chi connectivity index (χ4n) is 3.84. The highest BCUT2D eigenvalue weighted by Gasteiger charge is 2.26.